The van der Waals surface area contributed by atoms with Gasteiger partial charge in [0.25, 0.3) is 5.56 Å². The molecule has 5 rings (SSSR count). The van der Waals surface area contributed by atoms with Crippen molar-refractivity contribution in [2.45, 2.75) is 19.4 Å². The number of pyridine rings is 2. The van der Waals surface area contributed by atoms with Crippen molar-refractivity contribution in [2.24, 2.45) is 0 Å². The SMILES string of the molecule is Nc1nc2cc(-c3ccc[nH]c3=O)ccc2c2nc(CCCOCc3ccccc3)[nH]c12. The van der Waals surface area contributed by atoms with Gasteiger partial charge in [0.1, 0.15) is 22.7 Å². The lowest BCUT2D eigenvalue weighted by atomic mass is 10.0. The van der Waals surface area contributed by atoms with Crippen LogP contribution >= 0.6 is 0 Å². The molecule has 0 aliphatic rings. The number of imidazole rings is 1. The zero-order valence-electron chi connectivity index (χ0n) is 17.5. The first-order chi connectivity index (χ1) is 15.7. The molecule has 5 aromatic rings. The van der Waals surface area contributed by atoms with Crippen LogP contribution in [-0.4, -0.2) is 26.5 Å². The molecular weight excluding hydrogens is 402 g/mol. The Bertz CT molecular complexity index is 1440. The highest BCUT2D eigenvalue weighted by Gasteiger charge is 2.13. The van der Waals surface area contributed by atoms with Gasteiger partial charge >= 0.3 is 0 Å². The van der Waals surface area contributed by atoms with Gasteiger partial charge in [-0.15, -0.1) is 0 Å². The molecule has 0 radical (unpaired) electrons. The van der Waals surface area contributed by atoms with E-state index >= 15 is 0 Å². The van der Waals surface area contributed by atoms with Crippen molar-refractivity contribution in [1.29, 1.82) is 0 Å². The van der Waals surface area contributed by atoms with E-state index in [1.54, 1.807) is 18.3 Å². The van der Waals surface area contributed by atoms with Crippen LogP contribution in [0.2, 0.25) is 0 Å². The van der Waals surface area contributed by atoms with Gasteiger partial charge in [-0.05, 0) is 41.8 Å². The van der Waals surface area contributed by atoms with Crippen LogP contribution in [0.1, 0.15) is 17.8 Å². The van der Waals surface area contributed by atoms with Crippen molar-refractivity contribution >= 4 is 27.8 Å². The Morgan fingerprint density at radius 3 is 2.72 bits per heavy atom. The maximum absolute atomic E-state index is 12.1. The quantitative estimate of drug-likeness (QED) is 0.339. The minimum Gasteiger partial charge on any atom is -0.382 e. The number of rotatable bonds is 7. The second kappa shape index (κ2) is 8.64. The Labute approximate surface area is 184 Å². The summed E-state index contributed by atoms with van der Waals surface area (Å²) in [5.74, 6) is 1.25. The third kappa shape index (κ3) is 3.98. The molecule has 7 heteroatoms. The molecule has 0 amide bonds. The predicted molar refractivity (Wildman–Crippen MR) is 126 cm³/mol. The second-order valence-electron chi connectivity index (χ2n) is 7.69. The van der Waals surface area contributed by atoms with Crippen LogP contribution in [0.15, 0.2) is 71.7 Å². The van der Waals surface area contributed by atoms with Crippen LogP contribution in [0, 0.1) is 0 Å². The highest BCUT2D eigenvalue weighted by Crippen LogP contribution is 2.29. The Morgan fingerprint density at radius 2 is 1.88 bits per heavy atom. The molecule has 3 aromatic heterocycles. The van der Waals surface area contributed by atoms with Crippen LogP contribution in [-0.2, 0) is 17.8 Å². The summed E-state index contributed by atoms with van der Waals surface area (Å²) in [6.45, 7) is 1.25. The minimum absolute atomic E-state index is 0.141. The predicted octanol–water partition coefficient (Wildman–Crippen LogP) is 4.20. The number of aromatic nitrogens is 4. The summed E-state index contributed by atoms with van der Waals surface area (Å²) in [5.41, 5.74) is 10.9. The van der Waals surface area contributed by atoms with Gasteiger partial charge in [-0.2, -0.15) is 0 Å². The molecule has 0 spiro atoms. The van der Waals surface area contributed by atoms with Gasteiger partial charge < -0.3 is 20.4 Å². The van der Waals surface area contributed by atoms with Crippen molar-refractivity contribution in [2.75, 3.05) is 12.3 Å². The molecule has 0 bridgehead atoms. The first-order valence-corrected chi connectivity index (χ1v) is 10.6. The molecule has 0 aliphatic carbocycles. The molecule has 0 unspecified atom stereocenters. The first kappa shape index (κ1) is 20.0. The molecule has 3 heterocycles. The molecule has 0 aliphatic heterocycles. The third-order valence-electron chi connectivity index (χ3n) is 5.45. The van der Waals surface area contributed by atoms with Crippen molar-refractivity contribution in [3.05, 3.63) is 88.6 Å². The number of hydrogen-bond acceptors (Lipinski definition) is 5. The summed E-state index contributed by atoms with van der Waals surface area (Å²) in [4.78, 5) is 27.5. The van der Waals surface area contributed by atoms with Gasteiger partial charge in [0, 0.05) is 30.2 Å². The lowest BCUT2D eigenvalue weighted by Crippen LogP contribution is -2.06. The van der Waals surface area contributed by atoms with Gasteiger partial charge in [-0.1, -0.05) is 36.4 Å². The van der Waals surface area contributed by atoms with Gasteiger partial charge in [-0.25, -0.2) is 9.97 Å². The number of aromatic amines is 2. The summed E-state index contributed by atoms with van der Waals surface area (Å²) >= 11 is 0. The number of fused-ring (bicyclic) bond motifs is 3. The Hall–Kier alpha value is -3.97. The number of H-pyrrole nitrogens is 2. The van der Waals surface area contributed by atoms with E-state index in [0.717, 1.165) is 40.6 Å². The van der Waals surface area contributed by atoms with Gasteiger partial charge in [-0.3, -0.25) is 4.79 Å². The zero-order chi connectivity index (χ0) is 21.9. The third-order valence-corrected chi connectivity index (χ3v) is 5.45. The summed E-state index contributed by atoms with van der Waals surface area (Å²) in [6.07, 6.45) is 3.21. The number of ether oxygens (including phenoxy) is 1. The lowest BCUT2D eigenvalue weighted by Gasteiger charge is -2.05. The number of nitrogens with two attached hydrogens (primary N) is 1. The van der Waals surface area contributed by atoms with Gasteiger partial charge in [0.15, 0.2) is 0 Å². The molecule has 0 fully saturated rings. The first-order valence-electron chi connectivity index (χ1n) is 10.6. The van der Waals surface area contributed by atoms with E-state index in [9.17, 15) is 4.79 Å². The highest BCUT2D eigenvalue weighted by molar-refractivity contribution is 6.07. The van der Waals surface area contributed by atoms with E-state index in [-0.39, 0.29) is 5.56 Å². The summed E-state index contributed by atoms with van der Waals surface area (Å²) in [5, 5.41) is 0.896. The van der Waals surface area contributed by atoms with E-state index < -0.39 is 0 Å². The number of nitrogens with zero attached hydrogens (tertiary/aromatic N) is 2. The number of anilines is 1. The fourth-order valence-corrected chi connectivity index (χ4v) is 3.85. The smallest absolute Gasteiger partial charge is 0.255 e. The lowest BCUT2D eigenvalue weighted by molar-refractivity contribution is 0.118. The Kier molecular flexibility index (Phi) is 5.39. The van der Waals surface area contributed by atoms with Gasteiger partial charge in [0.2, 0.25) is 0 Å². The molecule has 0 saturated carbocycles. The highest BCUT2D eigenvalue weighted by atomic mass is 16.5. The summed E-state index contributed by atoms with van der Waals surface area (Å²) < 4.78 is 5.77. The fourth-order valence-electron chi connectivity index (χ4n) is 3.85. The number of aryl methyl sites for hydroxylation is 1. The Morgan fingerprint density at radius 1 is 1.00 bits per heavy atom. The van der Waals surface area contributed by atoms with Crippen molar-refractivity contribution in [3.63, 3.8) is 0 Å². The van der Waals surface area contributed by atoms with E-state index in [1.807, 2.05) is 36.4 Å². The zero-order valence-corrected chi connectivity index (χ0v) is 17.5. The molecule has 160 valence electrons. The number of nitrogen functional groups attached to an aromatic ring is 1. The van der Waals surface area contributed by atoms with Crippen LogP contribution in [0.3, 0.4) is 0 Å². The molecule has 7 nitrogen and oxygen atoms in total. The van der Waals surface area contributed by atoms with Crippen molar-refractivity contribution < 1.29 is 4.74 Å². The van der Waals surface area contributed by atoms with E-state index in [2.05, 4.69) is 27.1 Å². The van der Waals surface area contributed by atoms with E-state index in [4.69, 9.17) is 15.5 Å². The fraction of sp³-hybridized carbons (Fsp3) is 0.160. The molecular formula is C25H23N5O2. The minimum atomic E-state index is -0.141. The van der Waals surface area contributed by atoms with Crippen molar-refractivity contribution in [1.82, 2.24) is 19.9 Å². The molecule has 32 heavy (non-hydrogen) atoms. The largest absolute Gasteiger partial charge is 0.382 e. The monoisotopic (exact) mass is 425 g/mol. The number of nitrogens with one attached hydrogen (secondary N) is 2. The maximum Gasteiger partial charge on any atom is 0.255 e. The van der Waals surface area contributed by atoms with E-state index in [1.165, 1.54) is 5.56 Å². The molecule has 4 N–H and O–H groups in total. The van der Waals surface area contributed by atoms with Crippen molar-refractivity contribution in [3.8, 4) is 11.1 Å². The molecule has 0 saturated heterocycles. The topological polar surface area (TPSA) is 110 Å². The van der Waals surface area contributed by atoms with Crippen LogP contribution in [0.25, 0.3) is 33.1 Å². The van der Waals surface area contributed by atoms with E-state index in [0.29, 0.717) is 30.1 Å². The average Bonchev–Trinajstić information content (AvgIpc) is 3.25. The number of benzene rings is 2. The maximum atomic E-state index is 12.1. The van der Waals surface area contributed by atoms with Crippen LogP contribution < -0.4 is 11.3 Å². The van der Waals surface area contributed by atoms with Crippen LogP contribution in [0.4, 0.5) is 5.82 Å². The molecule has 0 atom stereocenters. The van der Waals surface area contributed by atoms with Gasteiger partial charge in [0.05, 0.1) is 12.1 Å². The second-order valence-corrected chi connectivity index (χ2v) is 7.69. The standard InChI is InChI=1S/C25H23N5O2/c26-24-23-22(29-21(30-23)9-5-13-32-15-16-6-2-1-3-7-16)19-11-10-17(14-20(19)28-24)18-8-4-12-27-25(18)31/h1-4,6-8,10-12,14H,5,9,13,15H2,(H2,26,28)(H,27,31)(H,29,30). The summed E-state index contributed by atoms with van der Waals surface area (Å²) in [7, 11) is 0. The summed E-state index contributed by atoms with van der Waals surface area (Å²) in [6, 6.07) is 19.4. The average molecular weight is 425 g/mol. The van der Waals surface area contributed by atoms with Crippen LogP contribution in [0.5, 0.6) is 0 Å². The number of hydrogen-bond donors (Lipinski definition) is 3. The molecule has 2 aromatic carbocycles. The normalized spacial score (nSPS) is 11.4. The Balaban J connectivity index is 1.35.